The van der Waals surface area contributed by atoms with Crippen LogP contribution in [0.5, 0.6) is 0 Å². The molecule has 0 spiro atoms. The number of hydrogen-bond donors (Lipinski definition) is 2. The highest BCUT2D eigenvalue weighted by Gasteiger charge is 2.39. The summed E-state index contributed by atoms with van der Waals surface area (Å²) < 4.78 is 5.48. The topological polar surface area (TPSA) is 87.7 Å². The Bertz CT molecular complexity index is 1130. The molecule has 0 aliphatic heterocycles. The summed E-state index contributed by atoms with van der Waals surface area (Å²) >= 11 is 0. The first-order valence-electron chi connectivity index (χ1n) is 13.9. The Kier molecular flexibility index (Phi) is 11.1. The molecule has 2 N–H and O–H groups in total. The van der Waals surface area contributed by atoms with Crippen molar-refractivity contribution in [3.05, 3.63) is 64.7 Å². The van der Waals surface area contributed by atoms with E-state index < -0.39 is 23.8 Å². The lowest BCUT2D eigenvalue weighted by Crippen LogP contribution is -2.55. The number of benzene rings is 2. The minimum Gasteiger partial charge on any atom is -0.444 e. The van der Waals surface area contributed by atoms with Crippen molar-refractivity contribution in [1.29, 1.82) is 0 Å². The summed E-state index contributed by atoms with van der Waals surface area (Å²) in [6.07, 6.45) is 0.382. The van der Waals surface area contributed by atoms with Gasteiger partial charge in [0.25, 0.3) is 5.91 Å². The van der Waals surface area contributed by atoms with E-state index in [0.717, 1.165) is 22.3 Å². The van der Waals surface area contributed by atoms with Crippen LogP contribution in [0.1, 0.15) is 89.6 Å². The smallest absolute Gasteiger partial charge is 0.408 e. The second-order valence-corrected chi connectivity index (χ2v) is 12.0. The van der Waals surface area contributed by atoms with Crippen LogP contribution in [-0.4, -0.2) is 40.5 Å². The molecule has 2 rings (SSSR count). The standard InChI is InChI=1S/C32H47N3O4/c1-11-24(7)35(30(37)27(16-20(2)3)34-31(38)39-32(8,9)10)28(25-18-21(4)17-22(5)19-25)29(36)33-26-15-13-12-14-23(26)6/h12-15,17-20,24,27-28H,11,16H2,1-10H3,(H,33,36)(H,34,38). The summed E-state index contributed by atoms with van der Waals surface area (Å²) in [5.41, 5.74) is 3.64. The van der Waals surface area contributed by atoms with Crippen molar-refractivity contribution in [2.75, 3.05) is 5.32 Å². The number of amides is 3. The van der Waals surface area contributed by atoms with Crippen LogP contribution in [0.4, 0.5) is 10.5 Å². The number of para-hydroxylation sites is 1. The Morgan fingerprint density at radius 3 is 2.05 bits per heavy atom. The maximum Gasteiger partial charge on any atom is 0.408 e. The molecule has 7 heteroatoms. The van der Waals surface area contributed by atoms with Crippen LogP contribution < -0.4 is 10.6 Å². The van der Waals surface area contributed by atoms with Crippen molar-refractivity contribution in [1.82, 2.24) is 10.2 Å². The average Bonchev–Trinajstić information content (AvgIpc) is 2.80. The van der Waals surface area contributed by atoms with Gasteiger partial charge in [0.05, 0.1) is 0 Å². The summed E-state index contributed by atoms with van der Waals surface area (Å²) in [5.74, 6) is -0.496. The number of hydrogen-bond acceptors (Lipinski definition) is 4. The molecule has 39 heavy (non-hydrogen) atoms. The van der Waals surface area contributed by atoms with Gasteiger partial charge in [-0.25, -0.2) is 4.79 Å². The number of nitrogens with zero attached hydrogens (tertiary/aromatic N) is 1. The summed E-state index contributed by atoms with van der Waals surface area (Å²) in [7, 11) is 0. The number of carbonyl (C=O) groups excluding carboxylic acids is 3. The first-order chi connectivity index (χ1) is 18.1. The Morgan fingerprint density at radius 2 is 1.54 bits per heavy atom. The minimum atomic E-state index is -0.902. The van der Waals surface area contributed by atoms with Crippen molar-refractivity contribution in [2.45, 2.75) is 106 Å². The third kappa shape index (κ3) is 9.41. The maximum atomic E-state index is 14.4. The van der Waals surface area contributed by atoms with Gasteiger partial charge in [0, 0.05) is 11.7 Å². The summed E-state index contributed by atoms with van der Waals surface area (Å²) in [5, 5.41) is 5.88. The molecule has 0 bridgehead atoms. The summed E-state index contributed by atoms with van der Waals surface area (Å²) in [6.45, 7) is 19.2. The zero-order valence-corrected chi connectivity index (χ0v) is 25.3. The molecule has 0 fully saturated rings. The zero-order chi connectivity index (χ0) is 29.5. The summed E-state index contributed by atoms with van der Waals surface area (Å²) in [6, 6.07) is 11.5. The van der Waals surface area contributed by atoms with Crippen molar-refractivity contribution in [2.24, 2.45) is 5.92 Å². The highest BCUT2D eigenvalue weighted by atomic mass is 16.6. The molecule has 0 heterocycles. The van der Waals surface area contributed by atoms with Crippen molar-refractivity contribution < 1.29 is 19.1 Å². The van der Waals surface area contributed by atoms with Crippen molar-refractivity contribution >= 4 is 23.6 Å². The van der Waals surface area contributed by atoms with Gasteiger partial charge in [0.1, 0.15) is 17.7 Å². The zero-order valence-electron chi connectivity index (χ0n) is 25.3. The predicted molar refractivity (Wildman–Crippen MR) is 158 cm³/mol. The van der Waals surface area contributed by atoms with Crippen LogP contribution in [0, 0.1) is 26.7 Å². The number of alkyl carbamates (subject to hydrolysis) is 1. The molecule has 3 atom stereocenters. The Morgan fingerprint density at radius 1 is 0.949 bits per heavy atom. The lowest BCUT2D eigenvalue weighted by molar-refractivity contribution is -0.143. The van der Waals surface area contributed by atoms with E-state index in [4.69, 9.17) is 4.74 Å². The van der Waals surface area contributed by atoms with Gasteiger partial charge in [-0.15, -0.1) is 0 Å². The van der Waals surface area contributed by atoms with E-state index in [2.05, 4.69) is 10.6 Å². The number of anilines is 1. The van der Waals surface area contributed by atoms with Crippen LogP contribution in [0.3, 0.4) is 0 Å². The van der Waals surface area contributed by atoms with Gasteiger partial charge >= 0.3 is 6.09 Å². The largest absolute Gasteiger partial charge is 0.444 e. The Hall–Kier alpha value is -3.35. The molecule has 0 aliphatic carbocycles. The molecule has 2 aromatic rings. The van der Waals surface area contributed by atoms with Crippen molar-refractivity contribution in [3.63, 3.8) is 0 Å². The third-order valence-corrected chi connectivity index (χ3v) is 6.51. The molecule has 7 nitrogen and oxygen atoms in total. The number of nitrogens with one attached hydrogen (secondary N) is 2. The van der Waals surface area contributed by atoms with Crippen LogP contribution >= 0.6 is 0 Å². The monoisotopic (exact) mass is 537 g/mol. The molecular formula is C32H47N3O4. The molecule has 3 amide bonds. The van der Waals surface area contributed by atoms with Gasteiger partial charge in [-0.05, 0) is 84.4 Å². The Labute approximate surface area is 234 Å². The van der Waals surface area contributed by atoms with Crippen molar-refractivity contribution in [3.8, 4) is 0 Å². The first-order valence-corrected chi connectivity index (χ1v) is 13.9. The van der Waals surface area contributed by atoms with E-state index in [1.807, 2.05) is 90.9 Å². The number of aryl methyl sites for hydroxylation is 3. The van der Waals surface area contributed by atoms with Gasteiger partial charge in [0.2, 0.25) is 5.91 Å². The number of ether oxygens (including phenoxy) is 1. The van der Waals surface area contributed by atoms with E-state index in [1.54, 1.807) is 25.7 Å². The lowest BCUT2D eigenvalue weighted by Gasteiger charge is -2.38. The minimum absolute atomic E-state index is 0.119. The molecule has 3 unspecified atom stereocenters. The van der Waals surface area contributed by atoms with E-state index in [9.17, 15) is 14.4 Å². The number of carbonyl (C=O) groups is 3. The molecule has 0 saturated heterocycles. The van der Waals surface area contributed by atoms with Gasteiger partial charge in [-0.2, -0.15) is 0 Å². The Balaban J connectivity index is 2.62. The van der Waals surface area contributed by atoms with Gasteiger partial charge in [0.15, 0.2) is 0 Å². The van der Waals surface area contributed by atoms with Crippen LogP contribution in [-0.2, 0) is 14.3 Å². The molecule has 0 saturated carbocycles. The van der Waals surface area contributed by atoms with Gasteiger partial charge in [-0.3, -0.25) is 9.59 Å². The molecular weight excluding hydrogens is 490 g/mol. The average molecular weight is 538 g/mol. The molecule has 2 aromatic carbocycles. The van der Waals surface area contributed by atoms with Crippen LogP contribution in [0.25, 0.3) is 0 Å². The van der Waals surface area contributed by atoms with E-state index in [1.165, 1.54) is 0 Å². The number of rotatable bonds is 10. The summed E-state index contributed by atoms with van der Waals surface area (Å²) in [4.78, 5) is 42.9. The third-order valence-electron chi connectivity index (χ3n) is 6.51. The second-order valence-electron chi connectivity index (χ2n) is 12.0. The highest BCUT2D eigenvalue weighted by molar-refractivity contribution is 5.99. The molecule has 0 aromatic heterocycles. The fourth-order valence-corrected chi connectivity index (χ4v) is 4.64. The molecule has 0 radical (unpaired) electrons. The molecule has 214 valence electrons. The quantitative estimate of drug-likeness (QED) is 0.347. The van der Waals surface area contributed by atoms with Gasteiger partial charge < -0.3 is 20.3 Å². The van der Waals surface area contributed by atoms with Crippen LogP contribution in [0.2, 0.25) is 0 Å². The molecule has 0 aliphatic rings. The lowest BCUT2D eigenvalue weighted by atomic mass is 9.95. The maximum absolute atomic E-state index is 14.4. The van der Waals surface area contributed by atoms with E-state index in [0.29, 0.717) is 18.5 Å². The fraction of sp³-hybridized carbons (Fsp3) is 0.531. The first kappa shape index (κ1) is 31.9. The predicted octanol–water partition coefficient (Wildman–Crippen LogP) is 6.86. The van der Waals surface area contributed by atoms with Gasteiger partial charge in [-0.1, -0.05) is 68.3 Å². The normalized spacial score (nSPS) is 13.8. The fourth-order valence-electron chi connectivity index (χ4n) is 4.64. The second kappa shape index (κ2) is 13.6. The van der Waals surface area contributed by atoms with E-state index >= 15 is 0 Å². The SMILES string of the molecule is CCC(C)N(C(=O)C(CC(C)C)NC(=O)OC(C)(C)C)C(C(=O)Nc1ccccc1C)c1cc(C)cc(C)c1. The van der Waals surface area contributed by atoms with E-state index in [-0.39, 0.29) is 23.8 Å². The van der Waals surface area contributed by atoms with Crippen LogP contribution in [0.15, 0.2) is 42.5 Å². The highest BCUT2D eigenvalue weighted by Crippen LogP contribution is 2.30.